The second-order valence-electron chi connectivity index (χ2n) is 7.43. The number of hydrogen-bond donors (Lipinski definition) is 2. The van der Waals surface area contributed by atoms with E-state index >= 15 is 0 Å². The van der Waals surface area contributed by atoms with Crippen LogP contribution in [0.15, 0.2) is 84.4 Å². The number of ketones is 1. The predicted molar refractivity (Wildman–Crippen MR) is 135 cm³/mol. The fourth-order valence-corrected chi connectivity index (χ4v) is 4.09. The van der Waals surface area contributed by atoms with Gasteiger partial charge in [0.2, 0.25) is 0 Å². The van der Waals surface area contributed by atoms with Crippen LogP contribution in [-0.4, -0.2) is 30.6 Å². The standard InChI is InChI=1S/C26H21ClN2O4S/c1-32-21(30)15-33-20-13-12-18(27)14-19(20)24-22(25(31)17-10-6-3-7-11-17)23(28-26(34)29-24)16-8-4-2-5-9-16/h2-14,24H,15H2,1H3,(H2,28,29,34)/t24-/m0/s1. The fraction of sp³-hybridized carbons (Fsp3) is 0.115. The van der Waals surface area contributed by atoms with Crippen molar-refractivity contribution < 1.29 is 19.1 Å². The average molecular weight is 493 g/mol. The van der Waals surface area contributed by atoms with Gasteiger partial charge in [-0.3, -0.25) is 4.79 Å². The van der Waals surface area contributed by atoms with Crippen molar-refractivity contribution in [3.63, 3.8) is 0 Å². The van der Waals surface area contributed by atoms with Gasteiger partial charge < -0.3 is 20.1 Å². The Morgan fingerprint density at radius 1 is 1.00 bits per heavy atom. The summed E-state index contributed by atoms with van der Waals surface area (Å²) in [6, 6.07) is 22.8. The normalized spacial score (nSPS) is 15.2. The summed E-state index contributed by atoms with van der Waals surface area (Å²) >= 11 is 11.8. The van der Waals surface area contributed by atoms with Gasteiger partial charge in [-0.15, -0.1) is 0 Å². The number of esters is 1. The quantitative estimate of drug-likeness (QED) is 0.281. The summed E-state index contributed by atoms with van der Waals surface area (Å²) in [6.45, 7) is -0.294. The van der Waals surface area contributed by atoms with Gasteiger partial charge >= 0.3 is 5.97 Å². The number of rotatable bonds is 7. The molecule has 6 nitrogen and oxygen atoms in total. The Bertz CT molecular complexity index is 1260. The highest BCUT2D eigenvalue weighted by atomic mass is 35.5. The van der Waals surface area contributed by atoms with Gasteiger partial charge in [0.25, 0.3) is 0 Å². The second-order valence-corrected chi connectivity index (χ2v) is 8.27. The molecule has 0 bridgehead atoms. The molecule has 1 heterocycles. The van der Waals surface area contributed by atoms with Crippen molar-refractivity contribution in [2.75, 3.05) is 13.7 Å². The van der Waals surface area contributed by atoms with Gasteiger partial charge in [0.15, 0.2) is 17.5 Å². The van der Waals surface area contributed by atoms with E-state index in [2.05, 4.69) is 10.6 Å². The van der Waals surface area contributed by atoms with Crippen LogP contribution in [0, 0.1) is 0 Å². The molecule has 1 aliphatic heterocycles. The minimum atomic E-state index is -0.692. The van der Waals surface area contributed by atoms with Crippen LogP contribution in [0.5, 0.6) is 5.75 Å². The Hall–Kier alpha value is -3.68. The smallest absolute Gasteiger partial charge is 0.343 e. The van der Waals surface area contributed by atoms with Crippen LogP contribution in [0.2, 0.25) is 5.02 Å². The summed E-state index contributed by atoms with van der Waals surface area (Å²) in [7, 11) is 1.28. The topological polar surface area (TPSA) is 76.7 Å². The third kappa shape index (κ3) is 5.11. The zero-order chi connectivity index (χ0) is 24.1. The molecule has 0 aliphatic carbocycles. The van der Waals surface area contributed by atoms with E-state index in [1.54, 1.807) is 30.3 Å². The van der Waals surface area contributed by atoms with Crippen LogP contribution >= 0.6 is 23.8 Å². The molecule has 4 rings (SSSR count). The highest BCUT2D eigenvalue weighted by Gasteiger charge is 2.34. The van der Waals surface area contributed by atoms with Gasteiger partial charge in [-0.2, -0.15) is 0 Å². The van der Waals surface area contributed by atoms with E-state index in [4.69, 9.17) is 33.3 Å². The van der Waals surface area contributed by atoms with Gasteiger partial charge in [-0.1, -0.05) is 72.3 Å². The van der Waals surface area contributed by atoms with Gasteiger partial charge in [0, 0.05) is 16.1 Å². The maximum absolute atomic E-state index is 13.9. The van der Waals surface area contributed by atoms with E-state index in [1.165, 1.54) is 7.11 Å². The van der Waals surface area contributed by atoms with Crippen LogP contribution in [0.4, 0.5) is 0 Å². The van der Waals surface area contributed by atoms with Crippen LogP contribution in [-0.2, 0) is 9.53 Å². The molecule has 1 atom stereocenters. The summed E-state index contributed by atoms with van der Waals surface area (Å²) in [6.07, 6.45) is 0. The second kappa shape index (κ2) is 10.5. The largest absolute Gasteiger partial charge is 0.482 e. The summed E-state index contributed by atoms with van der Waals surface area (Å²) in [5, 5.41) is 7.13. The first-order valence-electron chi connectivity index (χ1n) is 10.4. The average Bonchev–Trinajstić information content (AvgIpc) is 2.87. The van der Waals surface area contributed by atoms with E-state index < -0.39 is 12.0 Å². The predicted octanol–water partition coefficient (Wildman–Crippen LogP) is 4.70. The number of ether oxygens (including phenoxy) is 2. The van der Waals surface area contributed by atoms with Crippen LogP contribution in [0.25, 0.3) is 5.70 Å². The molecule has 34 heavy (non-hydrogen) atoms. The Labute approximate surface area is 207 Å². The molecule has 0 saturated heterocycles. The number of halogens is 1. The van der Waals surface area contributed by atoms with Crippen molar-refractivity contribution in [3.8, 4) is 5.75 Å². The number of benzene rings is 3. The molecule has 172 valence electrons. The van der Waals surface area contributed by atoms with E-state index in [1.807, 2.05) is 48.5 Å². The number of carbonyl (C=O) groups excluding carboxylic acids is 2. The van der Waals surface area contributed by atoms with E-state index in [9.17, 15) is 9.59 Å². The highest BCUT2D eigenvalue weighted by molar-refractivity contribution is 7.80. The molecule has 0 saturated carbocycles. The van der Waals surface area contributed by atoms with Gasteiger partial charge in [-0.05, 0) is 36.0 Å². The number of thiocarbonyl (C=S) groups is 1. The third-order valence-electron chi connectivity index (χ3n) is 5.27. The monoisotopic (exact) mass is 492 g/mol. The Kier molecular flexibility index (Phi) is 7.25. The number of hydrogen-bond acceptors (Lipinski definition) is 5. The minimum Gasteiger partial charge on any atom is -0.482 e. The first kappa shape index (κ1) is 23.5. The van der Waals surface area contributed by atoms with Crippen molar-refractivity contribution in [1.82, 2.24) is 10.6 Å². The molecule has 0 spiro atoms. The Morgan fingerprint density at radius 3 is 2.35 bits per heavy atom. The summed E-state index contributed by atoms with van der Waals surface area (Å²) in [5.74, 6) is -0.343. The molecule has 1 aliphatic rings. The van der Waals surface area contributed by atoms with Crippen LogP contribution in [0.3, 0.4) is 0 Å². The maximum Gasteiger partial charge on any atom is 0.343 e. The fourth-order valence-electron chi connectivity index (χ4n) is 3.69. The Morgan fingerprint density at radius 2 is 1.68 bits per heavy atom. The number of carbonyl (C=O) groups is 2. The van der Waals surface area contributed by atoms with Crippen molar-refractivity contribution in [2.24, 2.45) is 0 Å². The van der Waals surface area contributed by atoms with Crippen molar-refractivity contribution in [1.29, 1.82) is 0 Å². The summed E-state index contributed by atoms with van der Waals surface area (Å²) < 4.78 is 10.4. The summed E-state index contributed by atoms with van der Waals surface area (Å²) in [5.41, 5.74) is 2.91. The number of Topliss-reactive ketones (excluding diaryl/α,β-unsaturated/α-hetero) is 1. The molecule has 0 fully saturated rings. The zero-order valence-electron chi connectivity index (χ0n) is 18.2. The van der Waals surface area contributed by atoms with E-state index in [0.29, 0.717) is 38.3 Å². The van der Waals surface area contributed by atoms with Gasteiger partial charge in [0.1, 0.15) is 5.75 Å². The molecule has 0 radical (unpaired) electrons. The van der Waals surface area contributed by atoms with Crippen molar-refractivity contribution in [2.45, 2.75) is 6.04 Å². The Balaban J connectivity index is 1.90. The van der Waals surface area contributed by atoms with Crippen molar-refractivity contribution in [3.05, 3.63) is 106 Å². The van der Waals surface area contributed by atoms with E-state index in [0.717, 1.165) is 5.56 Å². The molecule has 0 aromatic heterocycles. The molecule has 3 aromatic carbocycles. The lowest BCUT2D eigenvalue weighted by atomic mass is 9.87. The molecule has 2 N–H and O–H groups in total. The molecular formula is C26H21ClN2O4S. The molecule has 3 aromatic rings. The minimum absolute atomic E-state index is 0.189. The molecule has 0 unspecified atom stereocenters. The SMILES string of the molecule is COC(=O)COc1ccc(Cl)cc1[C@@H]1NC(=S)NC(c2ccccc2)=C1C(=O)c1ccccc1. The molecular weight excluding hydrogens is 472 g/mol. The maximum atomic E-state index is 13.9. The summed E-state index contributed by atoms with van der Waals surface area (Å²) in [4.78, 5) is 25.6. The lowest BCUT2D eigenvalue weighted by Crippen LogP contribution is -2.45. The lowest BCUT2D eigenvalue weighted by molar-refractivity contribution is -0.142. The van der Waals surface area contributed by atoms with Crippen LogP contribution < -0.4 is 15.4 Å². The lowest BCUT2D eigenvalue weighted by Gasteiger charge is -2.32. The first-order chi connectivity index (χ1) is 16.5. The third-order valence-corrected chi connectivity index (χ3v) is 5.73. The van der Waals surface area contributed by atoms with Gasteiger partial charge in [-0.25, -0.2) is 4.79 Å². The molecule has 8 heteroatoms. The molecule has 0 amide bonds. The zero-order valence-corrected chi connectivity index (χ0v) is 19.8. The van der Waals surface area contributed by atoms with Gasteiger partial charge in [0.05, 0.1) is 24.4 Å². The number of methoxy groups -OCH3 is 1. The van der Waals surface area contributed by atoms with Crippen LogP contribution in [0.1, 0.15) is 27.5 Å². The first-order valence-corrected chi connectivity index (χ1v) is 11.2. The highest BCUT2D eigenvalue weighted by Crippen LogP contribution is 2.38. The van der Waals surface area contributed by atoms with Crippen molar-refractivity contribution >= 4 is 46.4 Å². The van der Waals surface area contributed by atoms with E-state index in [-0.39, 0.29) is 12.4 Å². The number of nitrogens with one attached hydrogen (secondary N) is 2.